The van der Waals surface area contributed by atoms with Crippen molar-refractivity contribution in [1.29, 1.82) is 0 Å². The highest BCUT2D eigenvalue weighted by molar-refractivity contribution is 7.92. The van der Waals surface area contributed by atoms with E-state index in [0.29, 0.717) is 5.46 Å². The summed E-state index contributed by atoms with van der Waals surface area (Å²) >= 11 is 0. The first-order valence-corrected chi connectivity index (χ1v) is 10.3. The molecule has 0 radical (unpaired) electrons. The second-order valence-corrected chi connectivity index (χ2v) is 9.40. The zero-order valence-electron chi connectivity index (χ0n) is 16.2. The normalized spacial score (nSPS) is 18.1. The predicted octanol–water partition coefficient (Wildman–Crippen LogP) is 1.89. The summed E-state index contributed by atoms with van der Waals surface area (Å²) in [6.07, 6.45) is 0. The fourth-order valence-electron chi connectivity index (χ4n) is 2.78. The molecule has 0 spiro atoms. The molecule has 1 amide bonds. The summed E-state index contributed by atoms with van der Waals surface area (Å²) in [6.45, 7) is 7.63. The molecule has 2 aromatic rings. The van der Waals surface area contributed by atoms with Crippen molar-refractivity contribution >= 4 is 34.2 Å². The molecule has 3 rings (SSSR count). The van der Waals surface area contributed by atoms with Crippen molar-refractivity contribution < 1.29 is 22.5 Å². The van der Waals surface area contributed by atoms with Crippen molar-refractivity contribution in [3.8, 4) is 0 Å². The van der Waals surface area contributed by atoms with E-state index in [1.807, 2.05) is 27.7 Å². The van der Waals surface area contributed by atoms with Crippen LogP contribution in [0, 0.1) is 0 Å². The number of hydrogen-bond donors (Lipinski definition) is 2. The van der Waals surface area contributed by atoms with Gasteiger partial charge in [-0.05, 0) is 63.5 Å². The minimum Gasteiger partial charge on any atom is -0.399 e. The Kier molecular flexibility index (Phi) is 5.03. The number of carbonyl (C=O) groups is 1. The van der Waals surface area contributed by atoms with Gasteiger partial charge in [-0.15, -0.1) is 0 Å². The Labute approximate surface area is 165 Å². The fraction of sp³-hybridized carbons (Fsp3) is 0.316. The maximum absolute atomic E-state index is 12.6. The van der Waals surface area contributed by atoms with Crippen LogP contribution in [0.2, 0.25) is 0 Å². The lowest BCUT2D eigenvalue weighted by Crippen LogP contribution is -2.41. The highest BCUT2D eigenvalue weighted by Gasteiger charge is 2.51. The standard InChI is InChI=1S/C19H23BN2O5S/c1-18(2)19(3,4)27-20(26-18)14-10-13(17(21)23)11-15(12-14)22-28(24,25)16-8-6-5-7-9-16/h5-12,22H,1-4H3,(H2,21,23). The van der Waals surface area contributed by atoms with Gasteiger partial charge in [-0.1, -0.05) is 18.2 Å². The summed E-state index contributed by atoms with van der Waals surface area (Å²) in [5.41, 5.74) is 5.13. The van der Waals surface area contributed by atoms with Gasteiger partial charge in [-0.2, -0.15) is 0 Å². The molecule has 3 N–H and O–H groups in total. The number of hydrogen-bond acceptors (Lipinski definition) is 5. The van der Waals surface area contributed by atoms with Crippen molar-refractivity contribution in [1.82, 2.24) is 0 Å². The molecule has 1 aliphatic rings. The van der Waals surface area contributed by atoms with Gasteiger partial charge in [0.05, 0.1) is 16.1 Å². The van der Waals surface area contributed by atoms with Crippen LogP contribution < -0.4 is 15.9 Å². The summed E-state index contributed by atoms with van der Waals surface area (Å²) in [4.78, 5) is 11.9. The van der Waals surface area contributed by atoms with E-state index in [-0.39, 0.29) is 16.1 Å². The molecule has 2 aromatic carbocycles. The van der Waals surface area contributed by atoms with Gasteiger partial charge in [0.15, 0.2) is 0 Å². The number of primary amides is 1. The zero-order valence-corrected chi connectivity index (χ0v) is 17.0. The molecule has 148 valence electrons. The maximum atomic E-state index is 12.6. The number of sulfonamides is 1. The second kappa shape index (κ2) is 6.91. The molecule has 0 saturated carbocycles. The van der Waals surface area contributed by atoms with Crippen molar-refractivity contribution in [2.24, 2.45) is 5.73 Å². The molecule has 0 bridgehead atoms. The van der Waals surface area contributed by atoms with Crippen LogP contribution in [0.5, 0.6) is 0 Å². The van der Waals surface area contributed by atoms with Crippen LogP contribution in [0.25, 0.3) is 0 Å². The molecule has 28 heavy (non-hydrogen) atoms. The Morgan fingerprint density at radius 2 is 1.57 bits per heavy atom. The fourth-order valence-corrected chi connectivity index (χ4v) is 3.84. The van der Waals surface area contributed by atoms with Crippen LogP contribution >= 0.6 is 0 Å². The lowest BCUT2D eigenvalue weighted by atomic mass is 9.78. The van der Waals surface area contributed by atoms with Gasteiger partial charge in [0.1, 0.15) is 0 Å². The van der Waals surface area contributed by atoms with E-state index in [4.69, 9.17) is 15.0 Å². The lowest BCUT2D eigenvalue weighted by molar-refractivity contribution is 0.00578. The number of carbonyl (C=O) groups excluding carboxylic acids is 1. The molecule has 7 nitrogen and oxygen atoms in total. The van der Waals surface area contributed by atoms with E-state index in [1.165, 1.54) is 18.2 Å². The van der Waals surface area contributed by atoms with Gasteiger partial charge in [0.2, 0.25) is 5.91 Å². The lowest BCUT2D eigenvalue weighted by Gasteiger charge is -2.32. The second-order valence-electron chi connectivity index (χ2n) is 7.71. The third-order valence-electron chi connectivity index (χ3n) is 5.07. The molecule has 0 aliphatic carbocycles. The molecule has 1 aliphatic heterocycles. The van der Waals surface area contributed by atoms with Gasteiger partial charge >= 0.3 is 7.12 Å². The number of anilines is 1. The van der Waals surface area contributed by atoms with Crippen molar-refractivity contribution in [2.45, 2.75) is 43.8 Å². The summed E-state index contributed by atoms with van der Waals surface area (Å²) < 4.78 is 39.8. The maximum Gasteiger partial charge on any atom is 0.494 e. The van der Waals surface area contributed by atoms with E-state index in [0.717, 1.165) is 0 Å². The predicted molar refractivity (Wildman–Crippen MR) is 108 cm³/mol. The van der Waals surface area contributed by atoms with Gasteiger partial charge in [0.25, 0.3) is 10.0 Å². The zero-order chi connectivity index (χ0) is 20.7. The molecule has 1 fully saturated rings. The Morgan fingerprint density at radius 3 is 2.11 bits per heavy atom. The Hall–Kier alpha value is -2.36. The number of rotatable bonds is 5. The Morgan fingerprint density at radius 1 is 1.00 bits per heavy atom. The first kappa shape index (κ1) is 20.4. The highest BCUT2D eigenvalue weighted by atomic mass is 32.2. The number of nitrogens with one attached hydrogen (secondary N) is 1. The first-order chi connectivity index (χ1) is 12.9. The minimum atomic E-state index is -3.83. The van der Waals surface area contributed by atoms with E-state index >= 15 is 0 Å². The third kappa shape index (κ3) is 3.92. The average Bonchev–Trinajstić information content (AvgIpc) is 2.83. The van der Waals surface area contributed by atoms with Gasteiger partial charge in [-0.3, -0.25) is 9.52 Å². The molecule has 1 saturated heterocycles. The molecular weight excluding hydrogens is 379 g/mol. The smallest absolute Gasteiger partial charge is 0.399 e. The molecule has 0 atom stereocenters. The summed E-state index contributed by atoms with van der Waals surface area (Å²) in [5.74, 6) is -0.682. The molecular formula is C19H23BN2O5S. The van der Waals surface area contributed by atoms with E-state index in [1.54, 1.807) is 30.3 Å². The summed E-state index contributed by atoms with van der Waals surface area (Å²) in [5, 5.41) is 0. The van der Waals surface area contributed by atoms with Crippen molar-refractivity contribution in [3.63, 3.8) is 0 Å². The van der Waals surface area contributed by atoms with E-state index in [9.17, 15) is 13.2 Å². The van der Waals surface area contributed by atoms with Gasteiger partial charge in [-0.25, -0.2) is 8.42 Å². The quantitative estimate of drug-likeness (QED) is 0.743. The Bertz CT molecular complexity index is 990. The summed E-state index contributed by atoms with van der Waals surface area (Å²) in [7, 11) is -4.59. The third-order valence-corrected chi connectivity index (χ3v) is 6.47. The molecule has 0 aromatic heterocycles. The summed E-state index contributed by atoms with van der Waals surface area (Å²) in [6, 6.07) is 12.5. The van der Waals surface area contributed by atoms with Crippen LogP contribution in [0.1, 0.15) is 38.1 Å². The van der Waals surface area contributed by atoms with Crippen LogP contribution in [0.3, 0.4) is 0 Å². The van der Waals surface area contributed by atoms with Crippen molar-refractivity contribution in [2.75, 3.05) is 4.72 Å². The van der Waals surface area contributed by atoms with Gasteiger partial charge in [0, 0.05) is 11.3 Å². The number of nitrogens with two attached hydrogens (primary N) is 1. The SMILES string of the molecule is CC1(C)OB(c2cc(NS(=O)(=O)c3ccccc3)cc(C(N)=O)c2)OC1(C)C. The van der Waals surface area contributed by atoms with Crippen LogP contribution in [-0.2, 0) is 19.3 Å². The minimum absolute atomic E-state index is 0.108. The van der Waals surface area contributed by atoms with Crippen LogP contribution in [0.4, 0.5) is 5.69 Å². The van der Waals surface area contributed by atoms with Crippen molar-refractivity contribution in [3.05, 3.63) is 54.1 Å². The Balaban J connectivity index is 1.99. The number of amides is 1. The molecule has 0 unspecified atom stereocenters. The van der Waals surface area contributed by atoms with Crippen LogP contribution in [-0.4, -0.2) is 32.6 Å². The monoisotopic (exact) mass is 402 g/mol. The van der Waals surface area contributed by atoms with E-state index < -0.39 is 34.3 Å². The topological polar surface area (TPSA) is 108 Å². The molecule has 9 heteroatoms. The van der Waals surface area contributed by atoms with E-state index in [2.05, 4.69) is 4.72 Å². The number of benzene rings is 2. The van der Waals surface area contributed by atoms with Gasteiger partial charge < -0.3 is 15.0 Å². The average molecular weight is 402 g/mol. The van der Waals surface area contributed by atoms with Crippen LogP contribution in [0.15, 0.2) is 53.4 Å². The molecule has 1 heterocycles. The first-order valence-electron chi connectivity index (χ1n) is 8.80. The highest BCUT2D eigenvalue weighted by Crippen LogP contribution is 2.36. The largest absolute Gasteiger partial charge is 0.494 e.